The van der Waals surface area contributed by atoms with Gasteiger partial charge >= 0.3 is 0 Å². The van der Waals surface area contributed by atoms with Gasteiger partial charge in [-0.25, -0.2) is 0 Å². The average Bonchev–Trinajstić information content (AvgIpc) is 2.95. The zero-order valence-corrected chi connectivity index (χ0v) is 12.2. The molecule has 1 saturated carbocycles. The summed E-state index contributed by atoms with van der Waals surface area (Å²) in [7, 11) is 0. The van der Waals surface area contributed by atoms with Crippen LogP contribution in [-0.4, -0.2) is 37.9 Å². The highest BCUT2D eigenvalue weighted by atomic mass is 16.5. The number of piperidine rings is 1. The quantitative estimate of drug-likeness (QED) is 0.820. The molecule has 0 aromatic rings. The molecule has 4 atom stereocenters. The zero-order chi connectivity index (χ0) is 12.9. The Hall–Kier alpha value is -0.120. The molecule has 110 valence electrons. The summed E-state index contributed by atoms with van der Waals surface area (Å²) in [5.74, 6) is 0.865. The molecule has 3 aliphatic rings. The summed E-state index contributed by atoms with van der Waals surface area (Å²) in [5.41, 5.74) is 0. The van der Waals surface area contributed by atoms with Crippen LogP contribution < -0.4 is 10.6 Å². The van der Waals surface area contributed by atoms with Gasteiger partial charge in [0.15, 0.2) is 0 Å². The molecule has 1 aliphatic carbocycles. The molecule has 2 heterocycles. The van der Waals surface area contributed by atoms with Gasteiger partial charge in [0.05, 0.1) is 6.10 Å². The van der Waals surface area contributed by atoms with Crippen LogP contribution in [0.4, 0.5) is 0 Å². The van der Waals surface area contributed by atoms with Crippen molar-refractivity contribution < 1.29 is 4.74 Å². The second kappa shape index (κ2) is 7.05. The van der Waals surface area contributed by atoms with Crippen LogP contribution in [0.1, 0.15) is 57.8 Å². The highest BCUT2D eigenvalue weighted by Gasteiger charge is 2.34. The Kier molecular flexibility index (Phi) is 5.14. The third-order valence-corrected chi connectivity index (χ3v) is 5.32. The van der Waals surface area contributed by atoms with E-state index in [1.807, 2.05) is 0 Å². The number of ether oxygens (including phenoxy) is 1. The van der Waals surface area contributed by atoms with E-state index < -0.39 is 0 Å². The minimum absolute atomic E-state index is 0.481. The molecule has 0 aromatic heterocycles. The van der Waals surface area contributed by atoms with Gasteiger partial charge < -0.3 is 15.4 Å². The lowest BCUT2D eigenvalue weighted by molar-refractivity contribution is 0.0142. The van der Waals surface area contributed by atoms with E-state index in [2.05, 4.69) is 10.6 Å². The van der Waals surface area contributed by atoms with Crippen LogP contribution >= 0.6 is 0 Å². The van der Waals surface area contributed by atoms with Crippen LogP contribution in [0.15, 0.2) is 0 Å². The molecule has 0 aromatic carbocycles. The van der Waals surface area contributed by atoms with Crippen LogP contribution in [-0.2, 0) is 4.74 Å². The van der Waals surface area contributed by atoms with Crippen LogP contribution in [0.5, 0.6) is 0 Å². The standard InChI is InChI=1S/C16H30N2O/c1-3-10-17-15(8-1)14-7-5-9-16(14)18-12-13-6-2-4-11-19-13/h13-18H,1-12H2. The SMILES string of the molecule is C1CCC(C2CCCC2NCC2CCCCO2)NC1. The number of hydrogen-bond acceptors (Lipinski definition) is 3. The average molecular weight is 266 g/mol. The molecule has 19 heavy (non-hydrogen) atoms. The van der Waals surface area contributed by atoms with Gasteiger partial charge in [-0.2, -0.15) is 0 Å². The summed E-state index contributed by atoms with van der Waals surface area (Å²) in [6, 6.07) is 1.52. The Bertz CT molecular complexity index is 259. The first-order chi connectivity index (χ1) is 9.43. The lowest BCUT2D eigenvalue weighted by atomic mass is 9.88. The van der Waals surface area contributed by atoms with Gasteiger partial charge in [0.2, 0.25) is 0 Å². The van der Waals surface area contributed by atoms with Gasteiger partial charge in [0.25, 0.3) is 0 Å². The fraction of sp³-hybridized carbons (Fsp3) is 1.00. The molecule has 0 spiro atoms. The molecule has 2 saturated heterocycles. The Balaban J connectivity index is 1.45. The van der Waals surface area contributed by atoms with E-state index in [1.165, 1.54) is 64.3 Å². The van der Waals surface area contributed by atoms with Gasteiger partial charge in [-0.15, -0.1) is 0 Å². The monoisotopic (exact) mass is 266 g/mol. The first-order valence-corrected chi connectivity index (χ1v) is 8.52. The Labute approximate surface area is 117 Å². The van der Waals surface area contributed by atoms with E-state index in [9.17, 15) is 0 Å². The summed E-state index contributed by atoms with van der Waals surface area (Å²) < 4.78 is 5.84. The molecule has 3 nitrogen and oxygen atoms in total. The van der Waals surface area contributed by atoms with Gasteiger partial charge in [-0.05, 0) is 57.4 Å². The zero-order valence-electron chi connectivity index (χ0n) is 12.2. The van der Waals surface area contributed by atoms with Crippen molar-refractivity contribution in [1.29, 1.82) is 0 Å². The third-order valence-electron chi connectivity index (χ3n) is 5.32. The van der Waals surface area contributed by atoms with Gasteiger partial charge in [0.1, 0.15) is 0 Å². The van der Waals surface area contributed by atoms with E-state index in [1.54, 1.807) is 0 Å². The Morgan fingerprint density at radius 2 is 1.89 bits per heavy atom. The summed E-state index contributed by atoms with van der Waals surface area (Å²) in [6.07, 6.45) is 12.7. The van der Waals surface area contributed by atoms with E-state index in [0.717, 1.165) is 31.2 Å². The largest absolute Gasteiger partial charge is 0.377 e. The summed E-state index contributed by atoms with van der Waals surface area (Å²) in [4.78, 5) is 0. The van der Waals surface area contributed by atoms with Crippen molar-refractivity contribution in [1.82, 2.24) is 10.6 Å². The van der Waals surface area contributed by atoms with Gasteiger partial charge in [-0.1, -0.05) is 12.8 Å². The Morgan fingerprint density at radius 3 is 2.68 bits per heavy atom. The van der Waals surface area contributed by atoms with Crippen molar-refractivity contribution >= 4 is 0 Å². The van der Waals surface area contributed by atoms with Gasteiger partial charge in [-0.3, -0.25) is 0 Å². The van der Waals surface area contributed by atoms with Crippen LogP contribution in [0.25, 0.3) is 0 Å². The molecule has 3 rings (SSSR count). The predicted octanol–water partition coefficient (Wildman–Crippen LogP) is 2.46. The smallest absolute Gasteiger partial charge is 0.0699 e. The molecule has 3 heteroatoms. The molecule has 0 radical (unpaired) electrons. The third kappa shape index (κ3) is 3.71. The minimum atomic E-state index is 0.481. The van der Waals surface area contributed by atoms with Crippen LogP contribution in [0, 0.1) is 5.92 Å². The van der Waals surface area contributed by atoms with Gasteiger partial charge in [0, 0.05) is 25.2 Å². The molecule has 2 aliphatic heterocycles. The molecular weight excluding hydrogens is 236 g/mol. The van der Waals surface area contributed by atoms with Crippen molar-refractivity contribution in [2.45, 2.75) is 76.0 Å². The minimum Gasteiger partial charge on any atom is -0.377 e. The molecule has 2 N–H and O–H groups in total. The molecular formula is C16H30N2O. The number of nitrogens with one attached hydrogen (secondary N) is 2. The maximum Gasteiger partial charge on any atom is 0.0699 e. The maximum atomic E-state index is 5.84. The second-order valence-corrected chi connectivity index (χ2v) is 6.65. The highest BCUT2D eigenvalue weighted by molar-refractivity contribution is 4.92. The lowest BCUT2D eigenvalue weighted by Crippen LogP contribution is -2.48. The van der Waals surface area contributed by atoms with E-state index in [-0.39, 0.29) is 0 Å². The van der Waals surface area contributed by atoms with Crippen molar-refractivity contribution in [2.24, 2.45) is 5.92 Å². The van der Waals surface area contributed by atoms with Crippen LogP contribution in [0.2, 0.25) is 0 Å². The first kappa shape index (κ1) is 13.8. The number of hydrogen-bond donors (Lipinski definition) is 2. The molecule has 3 fully saturated rings. The lowest BCUT2D eigenvalue weighted by Gasteiger charge is -2.34. The molecule has 4 unspecified atom stereocenters. The van der Waals surface area contributed by atoms with Crippen molar-refractivity contribution in [2.75, 3.05) is 19.7 Å². The predicted molar refractivity (Wildman–Crippen MR) is 78.4 cm³/mol. The van der Waals surface area contributed by atoms with Crippen molar-refractivity contribution in [3.8, 4) is 0 Å². The van der Waals surface area contributed by atoms with Crippen molar-refractivity contribution in [3.05, 3.63) is 0 Å². The summed E-state index contributed by atoms with van der Waals surface area (Å²) in [5, 5.41) is 7.59. The molecule has 0 amide bonds. The first-order valence-electron chi connectivity index (χ1n) is 8.52. The normalized spacial score (nSPS) is 40.4. The summed E-state index contributed by atoms with van der Waals surface area (Å²) in [6.45, 7) is 3.29. The Morgan fingerprint density at radius 1 is 0.947 bits per heavy atom. The maximum absolute atomic E-state index is 5.84. The second-order valence-electron chi connectivity index (χ2n) is 6.65. The number of rotatable bonds is 4. The molecule has 0 bridgehead atoms. The van der Waals surface area contributed by atoms with Crippen LogP contribution in [0.3, 0.4) is 0 Å². The van der Waals surface area contributed by atoms with E-state index >= 15 is 0 Å². The summed E-state index contributed by atoms with van der Waals surface area (Å²) >= 11 is 0. The highest BCUT2D eigenvalue weighted by Crippen LogP contribution is 2.31. The van der Waals surface area contributed by atoms with E-state index in [4.69, 9.17) is 4.74 Å². The topological polar surface area (TPSA) is 33.3 Å². The fourth-order valence-corrected chi connectivity index (χ4v) is 4.22. The fourth-order valence-electron chi connectivity index (χ4n) is 4.22. The van der Waals surface area contributed by atoms with E-state index in [0.29, 0.717) is 6.10 Å². The van der Waals surface area contributed by atoms with Crippen molar-refractivity contribution in [3.63, 3.8) is 0 Å².